The van der Waals surface area contributed by atoms with Crippen LogP contribution in [0.25, 0.3) is 0 Å². The predicted octanol–water partition coefficient (Wildman–Crippen LogP) is 3.75. The Hall–Kier alpha value is 0.590. The Morgan fingerprint density at radius 3 is 1.58 bits per heavy atom. The van der Waals surface area contributed by atoms with E-state index in [1.807, 2.05) is 6.92 Å². The third-order valence-electron chi connectivity index (χ3n) is 0.870. The van der Waals surface area contributed by atoms with Crippen LogP contribution in [0.1, 0.15) is 34.6 Å². The summed E-state index contributed by atoms with van der Waals surface area (Å²) in [7, 11) is 0. The van der Waals surface area contributed by atoms with E-state index in [4.69, 9.17) is 12.2 Å². The second-order valence-corrected chi connectivity index (χ2v) is 6.94. The molecule has 0 aromatic carbocycles. The fraction of sp³-hybridized carbons (Fsp3) is 0.875. The Morgan fingerprint density at radius 2 is 1.42 bits per heavy atom. The van der Waals surface area contributed by atoms with Crippen molar-refractivity contribution in [1.29, 1.82) is 0 Å². The van der Waals surface area contributed by atoms with Gasteiger partial charge < -0.3 is 0 Å². The van der Waals surface area contributed by atoms with E-state index in [-0.39, 0.29) is 0 Å². The van der Waals surface area contributed by atoms with Gasteiger partial charge in [0.05, 0.1) is 4.99 Å². The fourth-order valence-corrected chi connectivity index (χ4v) is 3.11. The van der Waals surface area contributed by atoms with Crippen LogP contribution in [-0.4, -0.2) is 19.2 Å². The summed E-state index contributed by atoms with van der Waals surface area (Å²) in [4.78, 5) is 0.951. The molecular weight excluding hydrogens is 206 g/mol. The van der Waals surface area contributed by atoms with Gasteiger partial charge in [-0.25, -0.2) is 0 Å². The minimum absolute atomic E-state index is 0.592. The van der Waals surface area contributed by atoms with Crippen molar-refractivity contribution in [3.63, 3.8) is 0 Å². The van der Waals surface area contributed by atoms with Crippen molar-refractivity contribution in [1.82, 2.24) is 3.71 Å². The molecule has 0 radical (unpaired) electrons. The standard InChI is InChI=1S/C8H17NS3/c1-6(2)11-9(8(5)10)12-7(3)4/h6-7H,1-5H3. The highest BCUT2D eigenvalue weighted by Crippen LogP contribution is 2.28. The lowest BCUT2D eigenvalue weighted by atomic mass is 10.6. The monoisotopic (exact) mass is 223 g/mol. The Bertz CT molecular complexity index is 135. The van der Waals surface area contributed by atoms with Crippen LogP contribution in [0.5, 0.6) is 0 Å². The maximum atomic E-state index is 5.14. The molecule has 0 aliphatic rings. The van der Waals surface area contributed by atoms with Crippen molar-refractivity contribution >= 4 is 41.1 Å². The molecule has 0 saturated carbocycles. The summed E-state index contributed by atoms with van der Waals surface area (Å²) < 4.78 is 2.13. The molecule has 0 N–H and O–H groups in total. The maximum Gasteiger partial charge on any atom is 0.0963 e. The fourth-order valence-electron chi connectivity index (χ4n) is 0.556. The largest absolute Gasteiger partial charge is 0.252 e. The molecule has 0 atom stereocenters. The van der Waals surface area contributed by atoms with Gasteiger partial charge in [-0.05, 0) is 30.8 Å². The summed E-state index contributed by atoms with van der Waals surface area (Å²) in [6.45, 7) is 10.7. The van der Waals surface area contributed by atoms with Gasteiger partial charge in [-0.15, -0.1) is 0 Å². The first-order chi connectivity index (χ1) is 5.43. The molecule has 0 unspecified atom stereocenters. The molecule has 0 aliphatic carbocycles. The lowest BCUT2D eigenvalue weighted by molar-refractivity contribution is 1.02. The van der Waals surface area contributed by atoms with E-state index in [1.165, 1.54) is 0 Å². The first kappa shape index (κ1) is 12.6. The minimum Gasteiger partial charge on any atom is -0.252 e. The van der Waals surface area contributed by atoms with Gasteiger partial charge in [0, 0.05) is 10.5 Å². The molecule has 0 aliphatic heterocycles. The number of nitrogens with zero attached hydrogens (tertiary/aromatic N) is 1. The minimum atomic E-state index is 0.592. The third-order valence-corrected chi connectivity index (χ3v) is 3.57. The molecule has 0 aromatic rings. The van der Waals surface area contributed by atoms with E-state index in [0.717, 1.165) is 4.99 Å². The molecule has 0 amide bonds. The van der Waals surface area contributed by atoms with Crippen LogP contribution in [0, 0.1) is 0 Å². The molecule has 72 valence electrons. The highest BCUT2D eigenvalue weighted by molar-refractivity contribution is 8.14. The Labute approximate surface area is 89.9 Å². The summed E-state index contributed by atoms with van der Waals surface area (Å²) in [5, 5.41) is 1.18. The highest BCUT2D eigenvalue weighted by atomic mass is 32.2. The van der Waals surface area contributed by atoms with Gasteiger partial charge >= 0.3 is 0 Å². The number of rotatable bonds is 4. The summed E-state index contributed by atoms with van der Waals surface area (Å²) in [5.41, 5.74) is 0. The Balaban J connectivity index is 3.96. The average molecular weight is 223 g/mol. The number of thiocarbonyl (C=S) groups is 1. The van der Waals surface area contributed by atoms with Gasteiger partial charge in [-0.3, -0.25) is 3.71 Å². The van der Waals surface area contributed by atoms with Crippen molar-refractivity contribution in [2.45, 2.75) is 45.1 Å². The molecule has 0 spiro atoms. The molecule has 0 heterocycles. The van der Waals surface area contributed by atoms with Crippen molar-refractivity contribution in [2.24, 2.45) is 0 Å². The van der Waals surface area contributed by atoms with Crippen molar-refractivity contribution in [3.05, 3.63) is 0 Å². The Kier molecular flexibility index (Phi) is 6.41. The van der Waals surface area contributed by atoms with Crippen molar-refractivity contribution in [3.8, 4) is 0 Å². The molecule has 0 rings (SSSR count). The van der Waals surface area contributed by atoms with E-state index in [0.29, 0.717) is 10.5 Å². The van der Waals surface area contributed by atoms with Gasteiger partial charge in [0.1, 0.15) is 0 Å². The number of hydrogen-bond acceptors (Lipinski definition) is 3. The molecule has 0 bridgehead atoms. The highest BCUT2D eigenvalue weighted by Gasteiger charge is 2.11. The van der Waals surface area contributed by atoms with Gasteiger partial charge in [-0.2, -0.15) is 0 Å². The quantitative estimate of drug-likeness (QED) is 0.527. The van der Waals surface area contributed by atoms with E-state index in [9.17, 15) is 0 Å². The lowest BCUT2D eigenvalue weighted by Gasteiger charge is -2.23. The van der Waals surface area contributed by atoms with Crippen LogP contribution in [-0.2, 0) is 0 Å². The zero-order chi connectivity index (χ0) is 9.72. The summed E-state index contributed by atoms with van der Waals surface area (Å²) >= 11 is 8.72. The molecule has 0 fully saturated rings. The Morgan fingerprint density at radius 1 is 1.08 bits per heavy atom. The molecule has 12 heavy (non-hydrogen) atoms. The van der Waals surface area contributed by atoms with Crippen LogP contribution < -0.4 is 0 Å². The van der Waals surface area contributed by atoms with E-state index in [2.05, 4.69) is 31.4 Å². The predicted molar refractivity (Wildman–Crippen MR) is 65.6 cm³/mol. The zero-order valence-corrected chi connectivity index (χ0v) is 10.8. The normalized spacial score (nSPS) is 10.9. The summed E-state index contributed by atoms with van der Waals surface area (Å²) in [5.74, 6) is 0. The van der Waals surface area contributed by atoms with Crippen LogP contribution >= 0.6 is 36.1 Å². The van der Waals surface area contributed by atoms with Gasteiger partial charge in [-0.1, -0.05) is 39.9 Å². The number of hydrogen-bond donors (Lipinski definition) is 0. The van der Waals surface area contributed by atoms with Crippen molar-refractivity contribution in [2.75, 3.05) is 0 Å². The third kappa shape index (κ3) is 6.14. The molecule has 0 saturated heterocycles. The topological polar surface area (TPSA) is 3.24 Å². The van der Waals surface area contributed by atoms with Gasteiger partial charge in [0.15, 0.2) is 0 Å². The first-order valence-corrected chi connectivity index (χ1v) is 6.16. The maximum absolute atomic E-state index is 5.14. The molecule has 0 aromatic heterocycles. The average Bonchev–Trinajstić information content (AvgIpc) is 1.83. The lowest BCUT2D eigenvalue weighted by Crippen LogP contribution is -2.16. The zero-order valence-electron chi connectivity index (χ0n) is 8.33. The van der Waals surface area contributed by atoms with Crippen molar-refractivity contribution < 1.29 is 0 Å². The van der Waals surface area contributed by atoms with Crippen LogP contribution in [0.2, 0.25) is 0 Å². The SMILES string of the molecule is CC(=S)N(SC(C)C)SC(C)C. The van der Waals surface area contributed by atoms with Gasteiger partial charge in [0.2, 0.25) is 0 Å². The molecular formula is C8H17NS3. The second-order valence-electron chi connectivity index (χ2n) is 3.08. The van der Waals surface area contributed by atoms with Crippen LogP contribution in [0.3, 0.4) is 0 Å². The molecule has 1 nitrogen and oxygen atoms in total. The second kappa shape index (κ2) is 6.11. The van der Waals surface area contributed by atoms with E-state index in [1.54, 1.807) is 23.9 Å². The first-order valence-electron chi connectivity index (χ1n) is 4.07. The van der Waals surface area contributed by atoms with Crippen LogP contribution in [0.15, 0.2) is 0 Å². The summed E-state index contributed by atoms with van der Waals surface area (Å²) in [6, 6.07) is 0. The van der Waals surface area contributed by atoms with Gasteiger partial charge in [0.25, 0.3) is 0 Å². The van der Waals surface area contributed by atoms with E-state index >= 15 is 0 Å². The molecule has 4 heteroatoms. The smallest absolute Gasteiger partial charge is 0.0963 e. The summed E-state index contributed by atoms with van der Waals surface area (Å²) in [6.07, 6.45) is 0. The van der Waals surface area contributed by atoms with Crippen LogP contribution in [0.4, 0.5) is 0 Å². The van der Waals surface area contributed by atoms with E-state index < -0.39 is 0 Å².